The fraction of sp³-hybridized carbons (Fsp3) is 0.160. The van der Waals surface area contributed by atoms with E-state index in [2.05, 4.69) is 5.32 Å². The monoisotopic (exact) mass is 479 g/mol. The number of nitrogens with zero attached hydrogens (tertiary/aromatic N) is 1. The van der Waals surface area contributed by atoms with Gasteiger partial charge in [-0.2, -0.15) is 0 Å². The Bertz CT molecular complexity index is 1220. The molecule has 2 heterocycles. The van der Waals surface area contributed by atoms with Gasteiger partial charge in [-0.05, 0) is 35.6 Å². The topological polar surface area (TPSA) is 85.1 Å². The highest BCUT2D eigenvalue weighted by molar-refractivity contribution is 7.17. The minimum atomic E-state index is -0.586. The largest absolute Gasteiger partial charge is 0.369 e. The molecule has 0 radical (unpaired) electrons. The number of rotatable bonds is 9. The van der Waals surface area contributed by atoms with Crippen LogP contribution >= 0.6 is 22.7 Å². The van der Waals surface area contributed by atoms with Gasteiger partial charge in [-0.15, -0.1) is 22.7 Å². The van der Waals surface area contributed by atoms with Crippen LogP contribution in [-0.2, 0) is 22.4 Å². The number of nitrogens with one attached hydrogen (secondary N) is 1. The van der Waals surface area contributed by atoms with Crippen LogP contribution in [0.1, 0.15) is 10.4 Å². The standard InChI is InChI=1S/C25H22FN3O2S2/c26-19-10-8-16(9-11-19)13-18(24(27)31)15-28-22(30)14-21-23(20-7-4-12-32-20)29-25(33-21)17-5-2-1-3-6-17/h1-12,18H,13-15H2,(H2,27,31)(H,28,30). The van der Waals surface area contributed by atoms with E-state index < -0.39 is 11.8 Å². The van der Waals surface area contributed by atoms with Crippen molar-refractivity contribution in [2.75, 3.05) is 6.54 Å². The van der Waals surface area contributed by atoms with E-state index >= 15 is 0 Å². The van der Waals surface area contributed by atoms with Gasteiger partial charge < -0.3 is 11.1 Å². The first kappa shape index (κ1) is 22.8. The third kappa shape index (κ3) is 5.91. The van der Waals surface area contributed by atoms with E-state index in [0.717, 1.165) is 31.6 Å². The average molecular weight is 480 g/mol. The molecule has 0 saturated heterocycles. The van der Waals surface area contributed by atoms with E-state index in [4.69, 9.17) is 10.7 Å². The molecule has 33 heavy (non-hydrogen) atoms. The Hall–Kier alpha value is -3.36. The third-order valence-corrected chi connectivity index (χ3v) is 7.12. The van der Waals surface area contributed by atoms with Gasteiger partial charge in [0.05, 0.1) is 22.9 Å². The van der Waals surface area contributed by atoms with E-state index in [1.165, 1.54) is 23.5 Å². The number of halogens is 1. The Morgan fingerprint density at radius 1 is 1.03 bits per heavy atom. The Kier molecular flexibility index (Phi) is 7.26. The van der Waals surface area contributed by atoms with Gasteiger partial charge in [-0.25, -0.2) is 9.37 Å². The maximum atomic E-state index is 13.1. The molecule has 1 unspecified atom stereocenters. The number of carbonyl (C=O) groups excluding carboxylic acids is 2. The molecule has 168 valence electrons. The minimum Gasteiger partial charge on any atom is -0.369 e. The van der Waals surface area contributed by atoms with Crippen molar-refractivity contribution < 1.29 is 14.0 Å². The summed E-state index contributed by atoms with van der Waals surface area (Å²) in [5.74, 6) is -1.65. The maximum Gasteiger partial charge on any atom is 0.225 e. The molecule has 5 nitrogen and oxygen atoms in total. The highest BCUT2D eigenvalue weighted by Gasteiger charge is 2.20. The Balaban J connectivity index is 1.46. The maximum absolute atomic E-state index is 13.1. The minimum absolute atomic E-state index is 0.115. The zero-order valence-electron chi connectivity index (χ0n) is 17.7. The lowest BCUT2D eigenvalue weighted by molar-refractivity contribution is -0.123. The highest BCUT2D eigenvalue weighted by Crippen LogP contribution is 2.36. The predicted octanol–water partition coefficient (Wildman–Crippen LogP) is 4.68. The Morgan fingerprint density at radius 3 is 2.45 bits per heavy atom. The van der Waals surface area contributed by atoms with E-state index in [1.807, 2.05) is 47.8 Å². The molecule has 0 spiro atoms. The number of hydrogen-bond acceptors (Lipinski definition) is 5. The lowest BCUT2D eigenvalue weighted by Gasteiger charge is -2.14. The van der Waals surface area contributed by atoms with Crippen LogP contribution in [0.5, 0.6) is 0 Å². The van der Waals surface area contributed by atoms with Gasteiger partial charge in [0.15, 0.2) is 0 Å². The van der Waals surface area contributed by atoms with Crippen molar-refractivity contribution in [2.24, 2.45) is 11.7 Å². The summed E-state index contributed by atoms with van der Waals surface area (Å²) >= 11 is 3.07. The first-order chi connectivity index (χ1) is 16.0. The van der Waals surface area contributed by atoms with Crippen molar-refractivity contribution in [3.05, 3.63) is 88.4 Å². The van der Waals surface area contributed by atoms with Gasteiger partial charge in [-0.1, -0.05) is 48.5 Å². The van der Waals surface area contributed by atoms with Crippen molar-refractivity contribution in [3.8, 4) is 21.1 Å². The van der Waals surface area contributed by atoms with Crippen LogP contribution in [-0.4, -0.2) is 23.3 Å². The van der Waals surface area contributed by atoms with Gasteiger partial charge in [0.1, 0.15) is 10.8 Å². The molecule has 3 N–H and O–H groups in total. The Labute approximate surface area is 199 Å². The molecule has 4 aromatic rings. The van der Waals surface area contributed by atoms with Gasteiger partial charge in [0.2, 0.25) is 11.8 Å². The Morgan fingerprint density at radius 2 is 1.79 bits per heavy atom. The van der Waals surface area contributed by atoms with Crippen molar-refractivity contribution in [3.63, 3.8) is 0 Å². The second-order valence-corrected chi connectivity index (χ2v) is 9.58. The average Bonchev–Trinajstić information content (AvgIpc) is 3.48. The van der Waals surface area contributed by atoms with Crippen molar-refractivity contribution >= 4 is 34.5 Å². The first-order valence-corrected chi connectivity index (χ1v) is 12.1. The molecule has 0 aliphatic carbocycles. The van der Waals surface area contributed by atoms with Crippen LogP contribution in [0.4, 0.5) is 4.39 Å². The van der Waals surface area contributed by atoms with Gasteiger partial charge in [0, 0.05) is 17.0 Å². The van der Waals surface area contributed by atoms with Crippen LogP contribution < -0.4 is 11.1 Å². The van der Waals surface area contributed by atoms with Gasteiger partial charge in [-0.3, -0.25) is 9.59 Å². The van der Waals surface area contributed by atoms with Gasteiger partial charge >= 0.3 is 0 Å². The summed E-state index contributed by atoms with van der Waals surface area (Å²) in [6, 6.07) is 19.7. The van der Waals surface area contributed by atoms with Crippen molar-refractivity contribution in [2.45, 2.75) is 12.8 Å². The number of hydrogen-bond donors (Lipinski definition) is 2. The summed E-state index contributed by atoms with van der Waals surface area (Å²) < 4.78 is 13.1. The molecular formula is C25H22FN3O2S2. The second-order valence-electron chi connectivity index (χ2n) is 7.54. The fourth-order valence-corrected chi connectivity index (χ4v) is 5.29. The number of carbonyl (C=O) groups is 2. The van der Waals surface area contributed by atoms with E-state index in [-0.39, 0.29) is 24.7 Å². The molecule has 4 rings (SSSR count). The third-order valence-electron chi connectivity index (χ3n) is 5.14. The number of thiophene rings is 1. The molecule has 2 aromatic heterocycles. The summed E-state index contributed by atoms with van der Waals surface area (Å²) in [7, 11) is 0. The molecule has 8 heteroatoms. The molecule has 0 aliphatic heterocycles. The molecule has 1 atom stereocenters. The number of benzene rings is 2. The number of amides is 2. The highest BCUT2D eigenvalue weighted by atomic mass is 32.1. The predicted molar refractivity (Wildman–Crippen MR) is 130 cm³/mol. The lowest BCUT2D eigenvalue weighted by Crippen LogP contribution is -2.37. The molecular weight excluding hydrogens is 457 g/mol. The first-order valence-electron chi connectivity index (χ1n) is 10.4. The molecule has 0 saturated carbocycles. The SMILES string of the molecule is NC(=O)C(CNC(=O)Cc1sc(-c2ccccc2)nc1-c1cccs1)Cc1ccc(F)cc1. The normalized spacial score (nSPS) is 11.8. The molecule has 2 amide bonds. The van der Waals surface area contributed by atoms with Crippen LogP contribution in [0.15, 0.2) is 72.1 Å². The lowest BCUT2D eigenvalue weighted by atomic mass is 9.98. The summed E-state index contributed by atoms with van der Waals surface area (Å²) in [6.07, 6.45) is 0.481. The van der Waals surface area contributed by atoms with E-state index in [1.54, 1.807) is 23.5 Å². The summed E-state index contributed by atoms with van der Waals surface area (Å²) in [5.41, 5.74) is 8.13. The van der Waals surface area contributed by atoms with E-state index in [9.17, 15) is 14.0 Å². The molecule has 0 fully saturated rings. The molecule has 0 aliphatic rings. The zero-order valence-corrected chi connectivity index (χ0v) is 19.3. The number of aromatic nitrogens is 1. The van der Waals surface area contributed by atoms with Crippen LogP contribution in [0, 0.1) is 11.7 Å². The van der Waals surface area contributed by atoms with Gasteiger partial charge in [0.25, 0.3) is 0 Å². The van der Waals surface area contributed by atoms with E-state index in [0.29, 0.717) is 6.42 Å². The van der Waals surface area contributed by atoms with Crippen LogP contribution in [0.2, 0.25) is 0 Å². The second kappa shape index (κ2) is 10.5. The summed E-state index contributed by atoms with van der Waals surface area (Å²) in [5, 5.41) is 5.67. The zero-order chi connectivity index (χ0) is 23.2. The number of thiazole rings is 1. The summed E-state index contributed by atoms with van der Waals surface area (Å²) in [4.78, 5) is 31.3. The molecule has 0 bridgehead atoms. The van der Waals surface area contributed by atoms with Crippen LogP contribution in [0.25, 0.3) is 21.1 Å². The van der Waals surface area contributed by atoms with Crippen molar-refractivity contribution in [1.29, 1.82) is 0 Å². The molecule has 2 aromatic carbocycles. The quantitative estimate of drug-likeness (QED) is 0.366. The smallest absolute Gasteiger partial charge is 0.225 e. The number of nitrogens with two attached hydrogens (primary N) is 1. The van der Waals surface area contributed by atoms with Crippen LogP contribution in [0.3, 0.4) is 0 Å². The summed E-state index contributed by atoms with van der Waals surface area (Å²) in [6.45, 7) is 0.115. The van der Waals surface area contributed by atoms with Crippen molar-refractivity contribution in [1.82, 2.24) is 10.3 Å². The fourth-order valence-electron chi connectivity index (χ4n) is 3.41. The number of primary amides is 1.